The van der Waals surface area contributed by atoms with Crippen LogP contribution < -0.4 is 5.32 Å². The van der Waals surface area contributed by atoms with Gasteiger partial charge in [0.25, 0.3) is 5.91 Å². The lowest BCUT2D eigenvalue weighted by atomic mass is 10.1. The summed E-state index contributed by atoms with van der Waals surface area (Å²) >= 11 is 0. The first kappa shape index (κ1) is 14.6. The molecule has 0 spiro atoms. The fraction of sp³-hybridized carbons (Fsp3) is 0.600. The van der Waals surface area contributed by atoms with Crippen LogP contribution in [0.25, 0.3) is 0 Å². The summed E-state index contributed by atoms with van der Waals surface area (Å²) in [4.78, 5) is 22.4. The highest BCUT2D eigenvalue weighted by Gasteiger charge is 2.26. The van der Waals surface area contributed by atoms with Gasteiger partial charge in [-0.1, -0.05) is 12.8 Å². The molecule has 1 aromatic heterocycles. The maximum Gasteiger partial charge on any atom is 0.303 e. The van der Waals surface area contributed by atoms with E-state index in [0.717, 1.165) is 25.0 Å². The Morgan fingerprint density at radius 2 is 2.00 bits per heavy atom. The van der Waals surface area contributed by atoms with Crippen molar-refractivity contribution in [2.45, 2.75) is 51.0 Å². The zero-order valence-electron chi connectivity index (χ0n) is 11.7. The van der Waals surface area contributed by atoms with Gasteiger partial charge in [0.05, 0.1) is 0 Å². The molecule has 1 aliphatic carbocycles. The summed E-state index contributed by atoms with van der Waals surface area (Å²) in [5.41, 5.74) is 0.748. The van der Waals surface area contributed by atoms with Gasteiger partial charge in [0.15, 0.2) is 0 Å². The monoisotopic (exact) mass is 278 g/mol. The van der Waals surface area contributed by atoms with Crippen molar-refractivity contribution >= 4 is 11.9 Å². The molecule has 20 heavy (non-hydrogen) atoms. The minimum absolute atomic E-state index is 0.00700. The van der Waals surface area contributed by atoms with Crippen LogP contribution in [-0.2, 0) is 4.79 Å². The summed E-state index contributed by atoms with van der Waals surface area (Å²) in [6.07, 6.45) is 8.01. The smallest absolute Gasteiger partial charge is 0.303 e. The van der Waals surface area contributed by atoms with E-state index in [0.29, 0.717) is 19.0 Å². The van der Waals surface area contributed by atoms with E-state index in [4.69, 9.17) is 5.11 Å². The van der Waals surface area contributed by atoms with Gasteiger partial charge in [-0.2, -0.15) is 0 Å². The van der Waals surface area contributed by atoms with Crippen molar-refractivity contribution in [3.8, 4) is 0 Å². The van der Waals surface area contributed by atoms with E-state index in [-0.39, 0.29) is 12.3 Å². The topological polar surface area (TPSA) is 71.3 Å². The molecular formula is C15H22N2O3. The molecule has 110 valence electrons. The summed E-state index contributed by atoms with van der Waals surface area (Å²) in [5, 5.41) is 11.4. The van der Waals surface area contributed by atoms with Crippen LogP contribution in [0.15, 0.2) is 18.3 Å². The number of carboxylic acids is 1. The lowest BCUT2D eigenvalue weighted by Crippen LogP contribution is -2.26. The number of nitrogens with zero attached hydrogens (tertiary/aromatic N) is 1. The maximum absolute atomic E-state index is 12.0. The Morgan fingerprint density at radius 3 is 2.70 bits per heavy atom. The molecule has 0 atom stereocenters. The molecule has 5 heteroatoms. The molecular weight excluding hydrogens is 256 g/mol. The van der Waals surface area contributed by atoms with Crippen molar-refractivity contribution in [2.75, 3.05) is 6.54 Å². The predicted octanol–water partition coefficient (Wildman–Crippen LogP) is 2.59. The zero-order valence-corrected chi connectivity index (χ0v) is 11.7. The van der Waals surface area contributed by atoms with Crippen molar-refractivity contribution in [3.63, 3.8) is 0 Å². The van der Waals surface area contributed by atoms with Gasteiger partial charge in [0.1, 0.15) is 5.69 Å². The third-order valence-electron chi connectivity index (χ3n) is 3.55. The van der Waals surface area contributed by atoms with Crippen LogP contribution >= 0.6 is 0 Å². The fourth-order valence-corrected chi connectivity index (χ4v) is 2.30. The van der Waals surface area contributed by atoms with Crippen molar-refractivity contribution in [3.05, 3.63) is 24.0 Å². The van der Waals surface area contributed by atoms with Crippen LogP contribution in [0.5, 0.6) is 0 Å². The second-order valence-corrected chi connectivity index (χ2v) is 5.35. The molecule has 1 aromatic rings. The summed E-state index contributed by atoms with van der Waals surface area (Å²) in [7, 11) is 0. The second-order valence-electron chi connectivity index (χ2n) is 5.35. The summed E-state index contributed by atoms with van der Waals surface area (Å²) in [5.74, 6) is -0.744. The maximum atomic E-state index is 12.0. The highest BCUT2D eigenvalue weighted by atomic mass is 16.4. The highest BCUT2D eigenvalue weighted by Crippen LogP contribution is 2.35. The zero-order chi connectivity index (χ0) is 14.4. The minimum atomic E-state index is -0.737. The number of aliphatic carboxylic acids is 1. The number of hydrogen-bond donors (Lipinski definition) is 2. The molecule has 0 bridgehead atoms. The molecule has 0 radical (unpaired) electrons. The van der Waals surface area contributed by atoms with Crippen LogP contribution in [0.3, 0.4) is 0 Å². The van der Waals surface area contributed by atoms with Gasteiger partial charge in [-0.05, 0) is 37.8 Å². The van der Waals surface area contributed by atoms with E-state index in [1.54, 1.807) is 0 Å². The van der Waals surface area contributed by atoms with Gasteiger partial charge in [-0.15, -0.1) is 0 Å². The van der Waals surface area contributed by atoms with Crippen molar-refractivity contribution in [2.24, 2.45) is 0 Å². The number of aromatic nitrogens is 1. The van der Waals surface area contributed by atoms with Crippen LogP contribution in [0.2, 0.25) is 0 Å². The summed E-state index contributed by atoms with van der Waals surface area (Å²) in [6, 6.07) is 4.29. The third-order valence-corrected chi connectivity index (χ3v) is 3.55. The largest absolute Gasteiger partial charge is 0.481 e. The number of rotatable bonds is 9. The van der Waals surface area contributed by atoms with Crippen LogP contribution in [0, 0.1) is 0 Å². The standard InChI is InChI=1S/C15H22N2O3/c18-14(19)7-3-1-2-4-10-16-15(20)13-6-5-11-17(13)12-8-9-12/h5-6,11-12H,1-4,7-10H2,(H,16,20)(H,18,19). The average Bonchev–Trinajstić information content (AvgIpc) is 3.14. The predicted molar refractivity (Wildman–Crippen MR) is 75.8 cm³/mol. The molecule has 2 rings (SSSR count). The van der Waals surface area contributed by atoms with Gasteiger partial charge in [-0.3, -0.25) is 9.59 Å². The number of carbonyl (C=O) groups excluding carboxylic acids is 1. The molecule has 1 saturated carbocycles. The third kappa shape index (κ3) is 4.40. The Labute approximate surface area is 119 Å². The first-order valence-corrected chi connectivity index (χ1v) is 7.35. The Kier molecular flexibility index (Phi) is 5.21. The lowest BCUT2D eigenvalue weighted by Gasteiger charge is -2.08. The van der Waals surface area contributed by atoms with Crippen molar-refractivity contribution in [1.82, 2.24) is 9.88 Å². The van der Waals surface area contributed by atoms with Gasteiger partial charge in [-0.25, -0.2) is 0 Å². The molecule has 0 saturated heterocycles. The quantitative estimate of drug-likeness (QED) is 0.682. The van der Waals surface area contributed by atoms with Gasteiger partial charge < -0.3 is 15.0 Å². The first-order chi connectivity index (χ1) is 9.68. The molecule has 1 amide bonds. The summed E-state index contributed by atoms with van der Waals surface area (Å²) in [6.45, 7) is 0.655. The molecule has 0 unspecified atom stereocenters. The van der Waals surface area contributed by atoms with E-state index in [1.165, 1.54) is 12.8 Å². The van der Waals surface area contributed by atoms with Crippen molar-refractivity contribution < 1.29 is 14.7 Å². The second kappa shape index (κ2) is 7.12. The molecule has 0 aromatic carbocycles. The van der Waals surface area contributed by atoms with Crippen LogP contribution in [0.1, 0.15) is 61.5 Å². The number of nitrogens with one attached hydrogen (secondary N) is 1. The molecule has 2 N–H and O–H groups in total. The van der Waals surface area contributed by atoms with E-state index in [2.05, 4.69) is 9.88 Å². The lowest BCUT2D eigenvalue weighted by molar-refractivity contribution is -0.137. The van der Waals surface area contributed by atoms with Crippen LogP contribution in [0.4, 0.5) is 0 Å². The number of carboxylic acid groups (broad SMARTS) is 1. The number of amides is 1. The SMILES string of the molecule is O=C(O)CCCCCCNC(=O)c1cccn1C1CC1. The molecule has 1 aliphatic rings. The van der Waals surface area contributed by atoms with Gasteiger partial charge in [0.2, 0.25) is 0 Å². The first-order valence-electron chi connectivity index (χ1n) is 7.35. The minimum Gasteiger partial charge on any atom is -0.481 e. The van der Waals surface area contributed by atoms with Gasteiger partial charge >= 0.3 is 5.97 Å². The average molecular weight is 278 g/mol. The Morgan fingerprint density at radius 1 is 1.25 bits per heavy atom. The highest BCUT2D eigenvalue weighted by molar-refractivity contribution is 5.92. The number of carbonyl (C=O) groups is 2. The fourth-order valence-electron chi connectivity index (χ4n) is 2.30. The molecule has 1 fully saturated rings. The summed E-state index contributed by atoms with van der Waals surface area (Å²) < 4.78 is 2.06. The number of hydrogen-bond acceptors (Lipinski definition) is 2. The van der Waals surface area contributed by atoms with E-state index >= 15 is 0 Å². The molecule has 0 aliphatic heterocycles. The van der Waals surface area contributed by atoms with E-state index in [9.17, 15) is 9.59 Å². The van der Waals surface area contributed by atoms with Crippen molar-refractivity contribution in [1.29, 1.82) is 0 Å². The number of unbranched alkanes of at least 4 members (excludes halogenated alkanes) is 3. The Balaban J connectivity index is 1.60. The molecule has 1 heterocycles. The van der Waals surface area contributed by atoms with Gasteiger partial charge in [0, 0.05) is 25.2 Å². The van der Waals surface area contributed by atoms with E-state index < -0.39 is 5.97 Å². The molecule has 5 nitrogen and oxygen atoms in total. The Hall–Kier alpha value is -1.78. The van der Waals surface area contributed by atoms with Crippen LogP contribution in [-0.4, -0.2) is 28.1 Å². The van der Waals surface area contributed by atoms with E-state index in [1.807, 2.05) is 18.3 Å². The normalized spacial score (nSPS) is 14.2. The Bertz CT molecular complexity index is 463.